The van der Waals surface area contributed by atoms with E-state index in [9.17, 15) is 26.4 Å². The van der Waals surface area contributed by atoms with Crippen LogP contribution in [0.25, 0.3) is 11.3 Å². The van der Waals surface area contributed by atoms with Crippen LogP contribution in [0.3, 0.4) is 0 Å². The van der Waals surface area contributed by atoms with Crippen LogP contribution in [0.15, 0.2) is 77.7 Å². The summed E-state index contributed by atoms with van der Waals surface area (Å²) in [5.41, 5.74) is 3.16. The second kappa shape index (κ2) is 11.2. The molecule has 0 radical (unpaired) electrons. The predicted octanol–water partition coefficient (Wildman–Crippen LogP) is 4.96. The van der Waals surface area contributed by atoms with Crippen LogP contribution in [-0.2, 0) is 22.7 Å². The quantitative estimate of drug-likeness (QED) is 0.332. The maximum absolute atomic E-state index is 13.3. The normalized spacial score (nSPS) is 19.8. The second-order valence-electron chi connectivity index (χ2n) is 10.9. The Morgan fingerprint density at radius 2 is 1.66 bits per heavy atom. The number of carbonyl (C=O) groups excluding carboxylic acids is 1. The second-order valence-corrected chi connectivity index (χ2v) is 12.6. The van der Waals surface area contributed by atoms with Gasteiger partial charge in [0.25, 0.3) is 15.9 Å². The van der Waals surface area contributed by atoms with Gasteiger partial charge in [-0.2, -0.15) is 18.2 Å². The standard InChI is InChI=1S/C31H28F3N5O4S/c1-18-5-3-6-19(2)28(18)24-14-27-37-30(36-24)38-44(41,42)23-8-4-7-21(13-23)29(40)35-25-16-39(17-26(25)43-27)15-20-9-11-22(12-10-20)31(32,33)34/h3-14,25-26H,15-17H2,1-2H3,(H,35,40)(H,36,37,38)/t25-,26-/m1/s1. The summed E-state index contributed by atoms with van der Waals surface area (Å²) < 4.78 is 74.6. The highest BCUT2D eigenvalue weighted by atomic mass is 32.2. The fourth-order valence-electron chi connectivity index (χ4n) is 5.56. The van der Waals surface area contributed by atoms with Crippen molar-refractivity contribution in [3.8, 4) is 17.1 Å². The van der Waals surface area contributed by atoms with Crippen molar-refractivity contribution >= 4 is 21.9 Å². The Balaban J connectivity index is 1.38. The van der Waals surface area contributed by atoms with E-state index in [1.807, 2.05) is 36.9 Å². The summed E-state index contributed by atoms with van der Waals surface area (Å²) in [6.07, 6.45) is -5.05. The van der Waals surface area contributed by atoms with Crippen LogP contribution in [-0.4, -0.2) is 54.4 Å². The summed E-state index contributed by atoms with van der Waals surface area (Å²) in [4.78, 5) is 24.0. The molecule has 0 spiro atoms. The largest absolute Gasteiger partial charge is 0.471 e. The molecule has 1 aromatic heterocycles. The molecule has 13 heteroatoms. The fourth-order valence-corrected chi connectivity index (χ4v) is 6.55. The van der Waals surface area contributed by atoms with Crippen LogP contribution in [0.4, 0.5) is 19.1 Å². The first kappa shape index (κ1) is 29.6. The number of halogens is 3. The smallest absolute Gasteiger partial charge is 0.416 e. The van der Waals surface area contributed by atoms with Crippen molar-refractivity contribution in [2.45, 2.75) is 43.6 Å². The van der Waals surface area contributed by atoms with Crippen LogP contribution in [0.5, 0.6) is 5.88 Å². The van der Waals surface area contributed by atoms with Gasteiger partial charge in [0.05, 0.1) is 22.2 Å². The van der Waals surface area contributed by atoms with Gasteiger partial charge in [0.1, 0.15) is 6.10 Å². The molecule has 1 saturated heterocycles. The number of likely N-dealkylation sites (tertiary alicyclic amines) is 1. The number of carbonyl (C=O) groups is 1. The minimum absolute atomic E-state index is 0.0990. The molecule has 228 valence electrons. The molecular weight excluding hydrogens is 595 g/mol. The van der Waals surface area contributed by atoms with Crippen LogP contribution in [0.2, 0.25) is 0 Å². The molecule has 0 unspecified atom stereocenters. The van der Waals surface area contributed by atoms with E-state index in [1.54, 1.807) is 6.07 Å². The Hall–Kier alpha value is -4.49. The zero-order valence-electron chi connectivity index (χ0n) is 23.7. The van der Waals surface area contributed by atoms with Gasteiger partial charge in [0.15, 0.2) is 0 Å². The van der Waals surface area contributed by atoms with E-state index in [0.717, 1.165) is 28.8 Å². The molecule has 1 fully saturated rings. The predicted molar refractivity (Wildman–Crippen MR) is 157 cm³/mol. The van der Waals surface area contributed by atoms with Gasteiger partial charge >= 0.3 is 6.18 Å². The van der Waals surface area contributed by atoms with E-state index >= 15 is 0 Å². The van der Waals surface area contributed by atoms with Crippen LogP contribution >= 0.6 is 0 Å². The number of aromatic nitrogens is 2. The number of nitrogens with zero attached hydrogens (tertiary/aromatic N) is 3. The molecule has 1 amide bonds. The lowest BCUT2D eigenvalue weighted by Gasteiger charge is -2.21. The van der Waals surface area contributed by atoms with Gasteiger partial charge in [-0.3, -0.25) is 9.69 Å². The first-order chi connectivity index (χ1) is 20.9. The number of fused-ring (bicyclic) bond motifs is 5. The number of hydrogen-bond acceptors (Lipinski definition) is 7. The Morgan fingerprint density at radius 1 is 0.955 bits per heavy atom. The highest BCUT2D eigenvalue weighted by Crippen LogP contribution is 2.32. The number of hydrogen-bond donors (Lipinski definition) is 2. The number of anilines is 1. The number of nitrogens with one attached hydrogen (secondary N) is 2. The summed E-state index contributed by atoms with van der Waals surface area (Å²) in [7, 11) is -4.16. The van der Waals surface area contributed by atoms with E-state index < -0.39 is 39.8 Å². The summed E-state index contributed by atoms with van der Waals surface area (Å²) in [6, 6.07) is 17.4. The van der Waals surface area contributed by atoms with Gasteiger partial charge in [-0.15, -0.1) is 0 Å². The average molecular weight is 624 g/mol. The maximum Gasteiger partial charge on any atom is 0.416 e. The molecule has 9 nitrogen and oxygen atoms in total. The highest BCUT2D eigenvalue weighted by Gasteiger charge is 2.37. The zero-order valence-corrected chi connectivity index (χ0v) is 24.5. The first-order valence-electron chi connectivity index (χ1n) is 13.8. The summed E-state index contributed by atoms with van der Waals surface area (Å²) in [5.74, 6) is -0.590. The maximum atomic E-state index is 13.3. The Labute approximate surface area is 252 Å². The van der Waals surface area contributed by atoms with Crippen molar-refractivity contribution in [2.75, 3.05) is 17.8 Å². The van der Waals surface area contributed by atoms with E-state index in [0.29, 0.717) is 30.9 Å². The Bertz CT molecular complexity index is 1830. The molecule has 3 aromatic carbocycles. The molecule has 2 atom stereocenters. The van der Waals surface area contributed by atoms with E-state index in [2.05, 4.69) is 20.0 Å². The highest BCUT2D eigenvalue weighted by molar-refractivity contribution is 7.92. The minimum atomic E-state index is -4.43. The molecule has 2 aliphatic rings. The van der Waals surface area contributed by atoms with Crippen molar-refractivity contribution in [3.63, 3.8) is 0 Å². The van der Waals surface area contributed by atoms with Gasteiger partial charge in [-0.05, 0) is 60.9 Å². The number of amides is 1. The van der Waals surface area contributed by atoms with Gasteiger partial charge in [-0.25, -0.2) is 18.1 Å². The summed E-state index contributed by atoms with van der Waals surface area (Å²) in [6.45, 7) is 4.81. The molecular formula is C31H28F3N5O4S. The van der Waals surface area contributed by atoms with Gasteiger partial charge < -0.3 is 10.1 Å². The molecule has 3 heterocycles. The van der Waals surface area contributed by atoms with Gasteiger partial charge in [0, 0.05) is 36.8 Å². The van der Waals surface area contributed by atoms with Crippen molar-refractivity contribution < 1.29 is 31.1 Å². The first-order valence-corrected chi connectivity index (χ1v) is 15.3. The van der Waals surface area contributed by atoms with E-state index in [-0.39, 0.29) is 22.3 Å². The SMILES string of the molecule is Cc1cccc(C)c1-c1cc2nc(n1)NS(=O)(=O)c1cccc(c1)C(=O)N[C@@H]1CN(Cc3ccc(C(F)(F)F)cc3)C[C@H]1O2. The number of alkyl halides is 3. The third-order valence-electron chi connectivity index (χ3n) is 7.69. The minimum Gasteiger partial charge on any atom is -0.471 e. The molecule has 2 N–H and O–H groups in total. The third kappa shape index (κ3) is 6.10. The van der Waals surface area contributed by atoms with Gasteiger partial charge in [0.2, 0.25) is 11.8 Å². The summed E-state index contributed by atoms with van der Waals surface area (Å²) >= 11 is 0. The number of aryl methyl sites for hydroxylation is 2. The fraction of sp³-hybridized carbons (Fsp3) is 0.258. The molecule has 4 bridgehead atoms. The monoisotopic (exact) mass is 623 g/mol. The Morgan fingerprint density at radius 3 is 2.36 bits per heavy atom. The summed E-state index contributed by atoms with van der Waals surface area (Å²) in [5, 5.41) is 2.96. The van der Waals surface area contributed by atoms with Crippen LogP contribution in [0, 0.1) is 13.8 Å². The topological polar surface area (TPSA) is 114 Å². The lowest BCUT2D eigenvalue weighted by Crippen LogP contribution is -2.45. The molecule has 4 aromatic rings. The lowest BCUT2D eigenvalue weighted by atomic mass is 10.00. The molecule has 0 saturated carbocycles. The molecule has 2 aliphatic heterocycles. The molecule has 44 heavy (non-hydrogen) atoms. The van der Waals surface area contributed by atoms with Crippen molar-refractivity contribution in [3.05, 3.63) is 101 Å². The van der Waals surface area contributed by atoms with Crippen molar-refractivity contribution in [2.24, 2.45) is 0 Å². The van der Waals surface area contributed by atoms with Crippen molar-refractivity contribution in [1.82, 2.24) is 20.2 Å². The van der Waals surface area contributed by atoms with E-state index in [1.165, 1.54) is 36.4 Å². The number of benzene rings is 3. The average Bonchev–Trinajstić information content (AvgIpc) is 3.32. The zero-order chi connectivity index (χ0) is 31.2. The number of ether oxygens (including phenoxy) is 1. The molecule has 6 rings (SSSR count). The van der Waals surface area contributed by atoms with E-state index in [4.69, 9.17) is 4.74 Å². The third-order valence-corrected chi connectivity index (χ3v) is 9.02. The van der Waals surface area contributed by atoms with Gasteiger partial charge in [-0.1, -0.05) is 36.4 Å². The molecule has 0 aliphatic carbocycles. The Kier molecular flexibility index (Phi) is 7.54. The lowest BCUT2D eigenvalue weighted by molar-refractivity contribution is -0.137. The van der Waals surface area contributed by atoms with Crippen molar-refractivity contribution in [1.29, 1.82) is 0 Å². The number of rotatable bonds is 3. The van der Waals surface area contributed by atoms with Crippen LogP contribution < -0.4 is 14.8 Å². The number of sulfonamides is 1. The van der Waals surface area contributed by atoms with Crippen LogP contribution in [0.1, 0.15) is 32.6 Å².